The summed E-state index contributed by atoms with van der Waals surface area (Å²) in [7, 11) is 1.60. The van der Waals surface area contributed by atoms with Crippen molar-refractivity contribution in [2.24, 2.45) is 0 Å². The van der Waals surface area contributed by atoms with Crippen LogP contribution >= 0.6 is 0 Å². The zero-order valence-corrected chi connectivity index (χ0v) is 33.6. The number of hydrogen-bond donors (Lipinski definition) is 0. The summed E-state index contributed by atoms with van der Waals surface area (Å²) in [5, 5.41) is 0. The second-order valence-corrected chi connectivity index (χ2v) is 15.5. The molecule has 0 aromatic heterocycles. The van der Waals surface area contributed by atoms with Gasteiger partial charge in [0.2, 0.25) is 0 Å². The molecule has 3 fully saturated rings. The molecule has 314 valence electrons. The third kappa shape index (κ3) is 9.89. The average molecular weight is 817 g/mol. The molecule has 60 heavy (non-hydrogen) atoms. The summed E-state index contributed by atoms with van der Waals surface area (Å²) in [6.45, 7) is 1.93. The fourth-order valence-electron chi connectivity index (χ4n) is 8.29. The van der Waals surface area contributed by atoms with Gasteiger partial charge in [-0.15, -0.1) is 0 Å². The van der Waals surface area contributed by atoms with Gasteiger partial charge in [0.1, 0.15) is 48.8 Å². The predicted octanol–water partition coefficient (Wildman–Crippen LogP) is 7.45. The number of hydrogen-bond acceptors (Lipinski definition) is 11. The Morgan fingerprint density at radius 3 is 1.70 bits per heavy atom. The van der Waals surface area contributed by atoms with Gasteiger partial charge in [-0.25, -0.2) is 0 Å². The van der Waals surface area contributed by atoms with Crippen molar-refractivity contribution in [1.29, 1.82) is 0 Å². The van der Waals surface area contributed by atoms with Crippen LogP contribution in [0, 0.1) is 0 Å². The quantitative estimate of drug-likeness (QED) is 0.133. The lowest BCUT2D eigenvalue weighted by molar-refractivity contribution is -0.400. The molecule has 0 amide bonds. The van der Waals surface area contributed by atoms with E-state index in [1.165, 1.54) is 0 Å². The molecule has 4 aliphatic heterocycles. The first kappa shape index (κ1) is 41.0. The minimum absolute atomic E-state index is 0.195. The Morgan fingerprint density at radius 1 is 0.483 bits per heavy atom. The van der Waals surface area contributed by atoms with Gasteiger partial charge in [0.25, 0.3) is 0 Å². The molecule has 0 aliphatic carbocycles. The minimum Gasteiger partial charge on any atom is -0.374 e. The van der Waals surface area contributed by atoms with E-state index >= 15 is 0 Å². The van der Waals surface area contributed by atoms with Crippen LogP contribution in [-0.4, -0.2) is 81.7 Å². The van der Waals surface area contributed by atoms with Crippen LogP contribution in [0.25, 0.3) is 0 Å². The van der Waals surface area contributed by atoms with Gasteiger partial charge in [-0.05, 0) is 27.8 Å². The molecule has 11 nitrogen and oxygen atoms in total. The molecule has 0 unspecified atom stereocenters. The fraction of sp³-hybridized carbons (Fsp3) is 0.388. The third-order valence-corrected chi connectivity index (χ3v) is 11.3. The molecule has 0 radical (unpaired) electrons. The van der Waals surface area contributed by atoms with E-state index in [0.717, 1.165) is 33.4 Å². The molecule has 9 rings (SSSR count). The van der Waals surface area contributed by atoms with E-state index in [1.807, 2.05) is 140 Å². The van der Waals surface area contributed by atoms with Gasteiger partial charge in [0.15, 0.2) is 18.9 Å². The van der Waals surface area contributed by atoms with E-state index < -0.39 is 67.7 Å². The topological polar surface area (TPSA) is 102 Å². The maximum atomic E-state index is 7.30. The highest BCUT2D eigenvalue weighted by atomic mass is 16.8. The molecule has 4 bridgehead atoms. The van der Waals surface area contributed by atoms with Crippen molar-refractivity contribution in [2.75, 3.05) is 20.3 Å². The van der Waals surface area contributed by atoms with Crippen molar-refractivity contribution < 1.29 is 52.1 Å². The van der Waals surface area contributed by atoms with Crippen molar-refractivity contribution in [3.63, 3.8) is 0 Å². The SMILES string of the molecule is CO[C@H]1O[C@@H]2CO[C@@H](c3ccccc3)O[C@H]2[C@@H]2O[C@@H]3O[C@H](COCc4cccc(c4)CO[C@@H]12)[C@@H](OCc1ccccc1)[C@H](OCc1ccccc1)[C@H]3OCc1ccccc1. The molecule has 0 saturated carbocycles. The molecule has 5 aromatic carbocycles. The van der Waals surface area contributed by atoms with E-state index in [4.69, 9.17) is 52.1 Å². The molecule has 0 spiro atoms. The lowest BCUT2D eigenvalue weighted by Gasteiger charge is -2.51. The van der Waals surface area contributed by atoms with Gasteiger partial charge in [0, 0.05) is 12.7 Å². The number of fused-ring (bicyclic) bond motifs is 7. The summed E-state index contributed by atoms with van der Waals surface area (Å²) in [4.78, 5) is 0. The van der Waals surface area contributed by atoms with Crippen LogP contribution in [0.15, 0.2) is 146 Å². The molecular formula is C49H52O11. The summed E-state index contributed by atoms with van der Waals surface area (Å²) < 4.78 is 74.0. The zero-order valence-electron chi connectivity index (χ0n) is 33.6. The average Bonchev–Trinajstić information content (AvgIpc) is 3.30. The van der Waals surface area contributed by atoms with Gasteiger partial charge < -0.3 is 52.1 Å². The molecule has 11 atom stereocenters. The smallest absolute Gasteiger partial charge is 0.187 e. The summed E-state index contributed by atoms with van der Waals surface area (Å²) in [5.41, 5.74) is 5.85. The molecule has 11 heteroatoms. The maximum absolute atomic E-state index is 7.30. The Labute approximate surface area is 351 Å². The highest BCUT2D eigenvalue weighted by Crippen LogP contribution is 2.40. The molecule has 0 N–H and O–H groups in total. The lowest BCUT2D eigenvalue weighted by Crippen LogP contribution is -2.67. The number of rotatable bonds is 11. The highest BCUT2D eigenvalue weighted by Gasteiger charge is 2.56. The van der Waals surface area contributed by atoms with Gasteiger partial charge in [0.05, 0.1) is 46.2 Å². The highest BCUT2D eigenvalue weighted by molar-refractivity contribution is 5.23. The van der Waals surface area contributed by atoms with Gasteiger partial charge in [-0.2, -0.15) is 0 Å². The first-order valence-electron chi connectivity index (χ1n) is 20.7. The van der Waals surface area contributed by atoms with Crippen LogP contribution in [0.2, 0.25) is 0 Å². The Balaban J connectivity index is 1.12. The van der Waals surface area contributed by atoms with Crippen LogP contribution in [0.5, 0.6) is 0 Å². The lowest BCUT2D eigenvalue weighted by atomic mass is 9.95. The van der Waals surface area contributed by atoms with Crippen molar-refractivity contribution >= 4 is 0 Å². The summed E-state index contributed by atoms with van der Waals surface area (Å²) in [6.07, 6.45) is -7.94. The largest absolute Gasteiger partial charge is 0.374 e. The van der Waals surface area contributed by atoms with Crippen molar-refractivity contribution in [2.45, 2.75) is 101 Å². The van der Waals surface area contributed by atoms with Gasteiger partial charge >= 0.3 is 0 Å². The Hall–Kier alpha value is -4.34. The molecule has 4 aliphatic rings. The van der Waals surface area contributed by atoms with E-state index in [1.54, 1.807) is 7.11 Å². The number of methoxy groups -OCH3 is 1. The van der Waals surface area contributed by atoms with E-state index in [9.17, 15) is 0 Å². The van der Waals surface area contributed by atoms with E-state index in [-0.39, 0.29) is 26.4 Å². The second kappa shape index (κ2) is 20.0. The normalized spacial score (nSPS) is 30.6. The fourth-order valence-corrected chi connectivity index (χ4v) is 8.29. The summed E-state index contributed by atoms with van der Waals surface area (Å²) in [5.74, 6) is 0. The molecular weight excluding hydrogens is 765 g/mol. The Morgan fingerprint density at radius 2 is 1.07 bits per heavy atom. The second-order valence-electron chi connectivity index (χ2n) is 15.5. The van der Waals surface area contributed by atoms with Gasteiger partial charge in [-0.1, -0.05) is 146 Å². The summed E-state index contributed by atoms with van der Waals surface area (Å²) >= 11 is 0. The standard InChI is InChI=1S/C49H52O11/c1-50-48-46-44(42-40(57-48)32-56-47(59-42)38-23-12-5-13-24-38)60-49-45(54-29-35-19-10-4-11-20-35)43(53-28-34-17-8-3-9-18-34)41(52-27-33-15-6-2-7-16-33)39(58-49)31-51-26-36-21-14-22-37(25-36)30-55-46/h2-25,39-49H,26-32H2,1H3/t39-,40-,41-,42-,43+,44+,45-,46-,47-,48+,49+/m1/s1. The first-order chi connectivity index (χ1) is 29.7. The minimum atomic E-state index is -1.01. The van der Waals surface area contributed by atoms with Gasteiger partial charge in [-0.3, -0.25) is 0 Å². The van der Waals surface area contributed by atoms with Crippen LogP contribution in [0.4, 0.5) is 0 Å². The van der Waals surface area contributed by atoms with Crippen LogP contribution in [0.3, 0.4) is 0 Å². The zero-order chi connectivity index (χ0) is 40.5. The molecule has 3 saturated heterocycles. The summed E-state index contributed by atoms with van der Waals surface area (Å²) in [6, 6.07) is 48.2. The molecule has 5 aromatic rings. The van der Waals surface area contributed by atoms with Crippen LogP contribution in [0.1, 0.15) is 39.7 Å². The van der Waals surface area contributed by atoms with Crippen molar-refractivity contribution in [3.8, 4) is 0 Å². The van der Waals surface area contributed by atoms with E-state index in [2.05, 4.69) is 6.07 Å². The van der Waals surface area contributed by atoms with Crippen LogP contribution in [-0.2, 0) is 85.1 Å². The van der Waals surface area contributed by atoms with Crippen LogP contribution < -0.4 is 0 Å². The number of ether oxygens (including phenoxy) is 11. The monoisotopic (exact) mass is 816 g/mol. The number of benzene rings is 5. The maximum Gasteiger partial charge on any atom is 0.187 e. The first-order valence-corrected chi connectivity index (χ1v) is 20.7. The predicted molar refractivity (Wildman–Crippen MR) is 219 cm³/mol. The Bertz CT molecular complexity index is 2040. The Kier molecular flexibility index (Phi) is 13.7. The molecule has 4 heterocycles. The van der Waals surface area contributed by atoms with E-state index in [0.29, 0.717) is 19.8 Å². The van der Waals surface area contributed by atoms with Crippen molar-refractivity contribution in [3.05, 3.63) is 179 Å². The third-order valence-electron chi connectivity index (χ3n) is 11.3. The van der Waals surface area contributed by atoms with Crippen molar-refractivity contribution in [1.82, 2.24) is 0 Å².